The molecule has 0 unspecified atom stereocenters. The molecule has 0 amide bonds. The van der Waals surface area contributed by atoms with Crippen molar-refractivity contribution in [1.29, 1.82) is 5.41 Å². The zero-order valence-electron chi connectivity index (χ0n) is 10.7. The minimum Gasteiger partial charge on any atom is -0.384 e. The number of nitrogens with two attached hydrogens (primary N) is 1. The summed E-state index contributed by atoms with van der Waals surface area (Å²) < 4.78 is 38.2. The molecule has 6 heteroatoms. The zero-order chi connectivity index (χ0) is 14.5. The Morgan fingerprint density at radius 3 is 2.53 bits per heavy atom. The Labute approximate surface area is 115 Å². The summed E-state index contributed by atoms with van der Waals surface area (Å²) in [6, 6.07) is 3.78. The lowest BCUT2D eigenvalue weighted by Crippen LogP contribution is -2.18. The van der Waals surface area contributed by atoms with E-state index in [9.17, 15) is 13.2 Å². The number of rotatable bonds is 6. The van der Waals surface area contributed by atoms with E-state index in [0.717, 1.165) is 31.1 Å². The van der Waals surface area contributed by atoms with Crippen LogP contribution in [0.3, 0.4) is 0 Å². The minimum atomic E-state index is -4.48. The molecule has 0 radical (unpaired) electrons. The molecule has 0 fully saturated rings. The fraction of sp³-hybridized carbons (Fsp3) is 0.462. The van der Waals surface area contributed by atoms with E-state index in [1.54, 1.807) is 0 Å². The van der Waals surface area contributed by atoms with Crippen LogP contribution in [0, 0.1) is 5.41 Å². The number of nitrogen functional groups attached to an aromatic ring is 1. The normalized spacial score (nSPS) is 11.6. The highest BCUT2D eigenvalue weighted by atomic mass is 32.2. The lowest BCUT2D eigenvalue weighted by Gasteiger charge is -2.13. The van der Waals surface area contributed by atoms with Gasteiger partial charge in [0.1, 0.15) is 5.84 Å². The number of halogens is 3. The second kappa shape index (κ2) is 6.84. The maximum Gasteiger partial charge on any atom is 0.417 e. The number of hydrogen-bond acceptors (Lipinski definition) is 2. The molecule has 0 heterocycles. The van der Waals surface area contributed by atoms with Gasteiger partial charge in [-0.15, -0.1) is 11.8 Å². The summed E-state index contributed by atoms with van der Waals surface area (Å²) in [5.74, 6) is 0.305. The van der Waals surface area contributed by atoms with Gasteiger partial charge in [0.2, 0.25) is 0 Å². The Morgan fingerprint density at radius 1 is 1.32 bits per heavy atom. The molecule has 0 saturated carbocycles. The first-order chi connectivity index (χ1) is 8.86. The van der Waals surface area contributed by atoms with Gasteiger partial charge in [0.25, 0.3) is 0 Å². The van der Waals surface area contributed by atoms with Gasteiger partial charge in [-0.25, -0.2) is 0 Å². The van der Waals surface area contributed by atoms with Gasteiger partial charge in [0, 0.05) is 10.5 Å². The molecule has 0 spiro atoms. The number of benzene rings is 1. The summed E-state index contributed by atoms with van der Waals surface area (Å²) >= 11 is 1.49. The van der Waals surface area contributed by atoms with Gasteiger partial charge >= 0.3 is 6.18 Å². The molecular weight excluding hydrogens is 273 g/mol. The van der Waals surface area contributed by atoms with Crippen molar-refractivity contribution in [2.45, 2.75) is 37.3 Å². The molecule has 0 atom stereocenters. The van der Waals surface area contributed by atoms with Gasteiger partial charge in [-0.2, -0.15) is 13.2 Å². The molecule has 3 N–H and O–H groups in total. The van der Waals surface area contributed by atoms with Crippen molar-refractivity contribution in [2.24, 2.45) is 5.73 Å². The maximum absolute atomic E-state index is 12.7. The van der Waals surface area contributed by atoms with Crippen LogP contribution in [0.1, 0.15) is 37.3 Å². The molecule has 2 nitrogen and oxygen atoms in total. The Balaban J connectivity index is 2.88. The average molecular weight is 290 g/mol. The highest BCUT2D eigenvalue weighted by Gasteiger charge is 2.34. The van der Waals surface area contributed by atoms with E-state index in [0.29, 0.717) is 4.90 Å². The maximum atomic E-state index is 12.7. The van der Waals surface area contributed by atoms with Crippen molar-refractivity contribution in [3.63, 3.8) is 0 Å². The van der Waals surface area contributed by atoms with Crippen LogP contribution in [0.5, 0.6) is 0 Å². The highest BCUT2D eigenvalue weighted by Crippen LogP contribution is 2.34. The Kier molecular flexibility index (Phi) is 5.72. The van der Waals surface area contributed by atoms with Crippen LogP contribution < -0.4 is 5.73 Å². The molecule has 106 valence electrons. The Morgan fingerprint density at radius 2 is 2.00 bits per heavy atom. The van der Waals surface area contributed by atoms with Gasteiger partial charge in [0.05, 0.1) is 5.56 Å². The summed E-state index contributed by atoms with van der Waals surface area (Å²) in [4.78, 5) is 0.717. The first kappa shape index (κ1) is 15.9. The second-order valence-corrected chi connectivity index (χ2v) is 5.34. The van der Waals surface area contributed by atoms with Crippen LogP contribution in [-0.4, -0.2) is 11.6 Å². The molecule has 0 saturated heterocycles. The van der Waals surface area contributed by atoms with Crippen molar-refractivity contribution < 1.29 is 13.2 Å². The predicted octanol–water partition coefficient (Wildman–Crippen LogP) is 4.27. The quantitative estimate of drug-likeness (QED) is 0.356. The summed E-state index contributed by atoms with van der Waals surface area (Å²) in [6.45, 7) is 2.09. The van der Waals surface area contributed by atoms with Crippen molar-refractivity contribution in [3.05, 3.63) is 29.3 Å². The van der Waals surface area contributed by atoms with Crippen molar-refractivity contribution in [3.8, 4) is 0 Å². The molecular formula is C13H17F3N2S. The number of amidine groups is 1. The van der Waals surface area contributed by atoms with E-state index in [1.165, 1.54) is 23.9 Å². The topological polar surface area (TPSA) is 49.9 Å². The number of alkyl halides is 3. The molecule has 1 rings (SSSR count). The first-order valence-corrected chi connectivity index (χ1v) is 7.03. The van der Waals surface area contributed by atoms with Crippen LogP contribution in [0.2, 0.25) is 0 Å². The summed E-state index contributed by atoms with van der Waals surface area (Å²) in [5, 5.41) is 7.26. The number of unbranched alkanes of at least 4 members (excludes halogenated alkanes) is 2. The number of nitrogens with one attached hydrogen (secondary N) is 1. The van der Waals surface area contributed by atoms with Gasteiger partial charge in [-0.05, 0) is 30.4 Å². The van der Waals surface area contributed by atoms with Crippen molar-refractivity contribution in [1.82, 2.24) is 0 Å². The summed E-state index contributed by atoms with van der Waals surface area (Å²) in [6.07, 6.45) is -1.25. The lowest BCUT2D eigenvalue weighted by molar-refractivity contribution is -0.137. The van der Waals surface area contributed by atoms with E-state index in [-0.39, 0.29) is 5.56 Å². The van der Waals surface area contributed by atoms with E-state index >= 15 is 0 Å². The molecule has 0 aliphatic heterocycles. The average Bonchev–Trinajstić information content (AvgIpc) is 2.33. The SMILES string of the molecule is CCCCCSc1ccc(C(F)(F)F)c(C(=N)N)c1. The molecule has 1 aromatic carbocycles. The summed E-state index contributed by atoms with van der Waals surface area (Å²) in [7, 11) is 0. The molecule has 0 bridgehead atoms. The fourth-order valence-corrected chi connectivity index (χ4v) is 2.57. The van der Waals surface area contributed by atoms with Crippen LogP contribution in [-0.2, 0) is 6.18 Å². The predicted molar refractivity (Wildman–Crippen MR) is 72.7 cm³/mol. The standard InChI is InChI=1S/C13H17F3N2S/c1-2-3-4-7-19-9-5-6-11(13(14,15)16)10(8-9)12(17)18/h5-6,8H,2-4,7H2,1H3,(H3,17,18). The fourth-order valence-electron chi connectivity index (χ4n) is 1.63. The third-order valence-electron chi connectivity index (χ3n) is 2.60. The lowest BCUT2D eigenvalue weighted by atomic mass is 10.1. The second-order valence-electron chi connectivity index (χ2n) is 4.17. The number of thioether (sulfide) groups is 1. The Bertz CT molecular complexity index is 444. The molecule has 19 heavy (non-hydrogen) atoms. The van der Waals surface area contributed by atoms with E-state index < -0.39 is 17.6 Å². The largest absolute Gasteiger partial charge is 0.417 e. The highest BCUT2D eigenvalue weighted by molar-refractivity contribution is 7.99. The van der Waals surface area contributed by atoms with Crippen LogP contribution in [0.4, 0.5) is 13.2 Å². The van der Waals surface area contributed by atoms with E-state index in [4.69, 9.17) is 11.1 Å². The minimum absolute atomic E-state index is 0.243. The van der Waals surface area contributed by atoms with Crippen molar-refractivity contribution in [2.75, 3.05) is 5.75 Å². The molecule has 0 aromatic heterocycles. The monoisotopic (exact) mass is 290 g/mol. The van der Waals surface area contributed by atoms with Crippen LogP contribution >= 0.6 is 11.8 Å². The third-order valence-corrected chi connectivity index (χ3v) is 3.68. The van der Waals surface area contributed by atoms with E-state index in [1.807, 2.05) is 0 Å². The van der Waals surface area contributed by atoms with E-state index in [2.05, 4.69) is 6.92 Å². The summed E-state index contributed by atoms with van der Waals surface area (Å²) in [5.41, 5.74) is 4.14. The number of hydrogen-bond donors (Lipinski definition) is 2. The van der Waals surface area contributed by atoms with Crippen LogP contribution in [0.25, 0.3) is 0 Å². The van der Waals surface area contributed by atoms with Gasteiger partial charge in [0.15, 0.2) is 0 Å². The van der Waals surface area contributed by atoms with Gasteiger partial charge in [-0.1, -0.05) is 19.8 Å². The van der Waals surface area contributed by atoms with Crippen LogP contribution in [0.15, 0.2) is 23.1 Å². The molecule has 0 aliphatic rings. The molecule has 0 aliphatic carbocycles. The van der Waals surface area contributed by atoms with Gasteiger partial charge in [-0.3, -0.25) is 5.41 Å². The third kappa shape index (κ3) is 4.78. The first-order valence-electron chi connectivity index (χ1n) is 6.04. The van der Waals surface area contributed by atoms with Gasteiger partial charge < -0.3 is 5.73 Å². The smallest absolute Gasteiger partial charge is 0.384 e. The molecule has 1 aromatic rings. The Hall–Kier alpha value is -1.17. The van der Waals surface area contributed by atoms with Crippen molar-refractivity contribution >= 4 is 17.6 Å². The zero-order valence-corrected chi connectivity index (χ0v) is 11.5.